The molecule has 2 aromatic heterocycles. The number of benzene rings is 1. The molecule has 1 aliphatic heterocycles. The Balaban J connectivity index is 1.49. The number of hydrogen-bond donors (Lipinski definition) is 1. The van der Waals surface area contributed by atoms with Crippen LogP contribution in [0.4, 0.5) is 0 Å². The number of nitrogens with one attached hydrogen (secondary N) is 1. The second-order valence-corrected chi connectivity index (χ2v) is 10.2. The number of aryl methyl sites for hydroxylation is 2. The van der Waals surface area contributed by atoms with Crippen LogP contribution in [0.1, 0.15) is 72.1 Å². The number of rotatable bonds is 8. The van der Waals surface area contributed by atoms with Crippen molar-refractivity contribution in [1.29, 1.82) is 0 Å². The molecular weight excluding hydrogens is 438 g/mol. The van der Waals surface area contributed by atoms with Crippen molar-refractivity contribution >= 4 is 12.0 Å². The molecule has 0 saturated heterocycles. The molecule has 1 aliphatic rings. The van der Waals surface area contributed by atoms with Crippen molar-refractivity contribution in [2.45, 2.75) is 60.0 Å². The van der Waals surface area contributed by atoms with Gasteiger partial charge in [0.05, 0.1) is 12.3 Å². The first-order valence-corrected chi connectivity index (χ1v) is 12.5. The molecule has 7 nitrogen and oxygen atoms in total. The third-order valence-electron chi connectivity index (χ3n) is 6.36. The standard InChI is InChI=1S/C28H37N5O2/c1-19(2)13-25(29-28(34)23-15-20(3)14-21(4)16-23)27-31-30-26-8-9-32(10-11-33(26)27)18-22(5)17-24-7-6-12-35-24/h6-7,12,14-17,19,25H,8-11,13,18H2,1-5H3,(H,29,34). The van der Waals surface area contributed by atoms with Crippen molar-refractivity contribution in [2.75, 3.05) is 19.6 Å². The van der Waals surface area contributed by atoms with Crippen LogP contribution in [0.5, 0.6) is 0 Å². The molecule has 0 bridgehead atoms. The van der Waals surface area contributed by atoms with E-state index < -0.39 is 0 Å². The van der Waals surface area contributed by atoms with E-state index in [1.54, 1.807) is 6.26 Å². The van der Waals surface area contributed by atoms with Gasteiger partial charge in [-0.15, -0.1) is 10.2 Å². The third kappa shape index (κ3) is 6.48. The van der Waals surface area contributed by atoms with Crippen LogP contribution in [0.15, 0.2) is 46.6 Å². The van der Waals surface area contributed by atoms with Crippen molar-refractivity contribution in [3.63, 3.8) is 0 Å². The summed E-state index contributed by atoms with van der Waals surface area (Å²) >= 11 is 0. The van der Waals surface area contributed by atoms with Gasteiger partial charge in [0.25, 0.3) is 5.91 Å². The van der Waals surface area contributed by atoms with E-state index in [4.69, 9.17) is 4.42 Å². The molecule has 0 radical (unpaired) electrons. The summed E-state index contributed by atoms with van der Waals surface area (Å²) in [6.07, 6.45) is 5.44. The lowest BCUT2D eigenvalue weighted by atomic mass is 10.0. The van der Waals surface area contributed by atoms with E-state index >= 15 is 0 Å². The molecule has 1 unspecified atom stereocenters. The molecule has 1 N–H and O–H groups in total. The van der Waals surface area contributed by atoms with E-state index in [-0.39, 0.29) is 11.9 Å². The average Bonchev–Trinajstić information content (AvgIpc) is 3.39. The Morgan fingerprint density at radius 2 is 1.91 bits per heavy atom. The molecule has 35 heavy (non-hydrogen) atoms. The summed E-state index contributed by atoms with van der Waals surface area (Å²) in [6, 6.07) is 9.66. The molecule has 4 rings (SSSR count). The number of furan rings is 1. The lowest BCUT2D eigenvalue weighted by Crippen LogP contribution is -2.33. The smallest absolute Gasteiger partial charge is 0.251 e. The summed E-state index contributed by atoms with van der Waals surface area (Å²) in [7, 11) is 0. The van der Waals surface area contributed by atoms with Gasteiger partial charge in [0.2, 0.25) is 0 Å². The van der Waals surface area contributed by atoms with Crippen molar-refractivity contribution in [3.05, 3.63) is 76.3 Å². The van der Waals surface area contributed by atoms with Crippen LogP contribution in [0.2, 0.25) is 0 Å². The Labute approximate surface area is 208 Å². The second kappa shape index (κ2) is 11.0. The van der Waals surface area contributed by atoms with Crippen LogP contribution < -0.4 is 5.32 Å². The molecule has 1 aromatic carbocycles. The zero-order valence-corrected chi connectivity index (χ0v) is 21.5. The summed E-state index contributed by atoms with van der Waals surface area (Å²) in [5.41, 5.74) is 4.12. The summed E-state index contributed by atoms with van der Waals surface area (Å²) in [5, 5.41) is 12.4. The number of hydrogen-bond acceptors (Lipinski definition) is 5. The Bertz CT molecular complexity index is 1160. The minimum absolute atomic E-state index is 0.0614. The topological polar surface area (TPSA) is 76.2 Å². The molecule has 186 valence electrons. The normalized spacial score (nSPS) is 15.7. The molecule has 3 heterocycles. The van der Waals surface area contributed by atoms with Crippen LogP contribution in [0.25, 0.3) is 6.08 Å². The van der Waals surface area contributed by atoms with Gasteiger partial charge in [-0.1, -0.05) is 36.6 Å². The Morgan fingerprint density at radius 3 is 2.60 bits per heavy atom. The highest BCUT2D eigenvalue weighted by atomic mass is 16.3. The first-order valence-electron chi connectivity index (χ1n) is 12.5. The Hall–Kier alpha value is -3.19. The van der Waals surface area contributed by atoms with E-state index in [0.717, 1.165) is 67.6 Å². The van der Waals surface area contributed by atoms with Crippen LogP contribution in [0.3, 0.4) is 0 Å². The van der Waals surface area contributed by atoms with E-state index in [9.17, 15) is 4.79 Å². The van der Waals surface area contributed by atoms with Crippen molar-refractivity contribution in [3.8, 4) is 0 Å². The van der Waals surface area contributed by atoms with Crippen molar-refractivity contribution in [2.24, 2.45) is 5.92 Å². The fraction of sp³-hybridized carbons (Fsp3) is 0.464. The summed E-state index contributed by atoms with van der Waals surface area (Å²) in [6.45, 7) is 14.0. The maximum Gasteiger partial charge on any atom is 0.251 e. The van der Waals surface area contributed by atoms with Crippen LogP contribution in [-0.4, -0.2) is 45.2 Å². The number of aromatic nitrogens is 3. The predicted octanol–water partition coefficient (Wildman–Crippen LogP) is 4.97. The molecule has 0 saturated carbocycles. The molecule has 0 fully saturated rings. The van der Waals surface area contributed by atoms with E-state index in [0.29, 0.717) is 11.5 Å². The van der Waals surface area contributed by atoms with Gasteiger partial charge in [-0.2, -0.15) is 0 Å². The quantitative estimate of drug-likeness (QED) is 0.498. The molecule has 0 aliphatic carbocycles. The first-order chi connectivity index (χ1) is 16.8. The van der Waals surface area contributed by atoms with E-state index in [1.807, 2.05) is 38.1 Å². The van der Waals surface area contributed by atoms with E-state index in [1.165, 1.54) is 5.57 Å². The third-order valence-corrected chi connectivity index (χ3v) is 6.36. The van der Waals surface area contributed by atoms with Gasteiger partial charge in [-0.3, -0.25) is 9.69 Å². The highest BCUT2D eigenvalue weighted by Crippen LogP contribution is 2.23. The first kappa shape index (κ1) is 24.9. The molecule has 1 amide bonds. The van der Waals surface area contributed by atoms with Gasteiger partial charge in [0, 0.05) is 38.2 Å². The number of nitrogens with zero attached hydrogens (tertiary/aromatic N) is 4. The molecular formula is C28H37N5O2. The van der Waals surface area contributed by atoms with Crippen LogP contribution >= 0.6 is 0 Å². The molecule has 1 atom stereocenters. The fourth-order valence-electron chi connectivity index (χ4n) is 4.87. The van der Waals surface area contributed by atoms with Crippen LogP contribution in [-0.2, 0) is 13.0 Å². The van der Waals surface area contributed by atoms with Crippen molar-refractivity contribution in [1.82, 2.24) is 25.0 Å². The van der Waals surface area contributed by atoms with Gasteiger partial charge in [0.15, 0.2) is 5.82 Å². The number of carbonyl (C=O) groups is 1. The zero-order chi connectivity index (χ0) is 24.9. The Morgan fingerprint density at radius 1 is 1.14 bits per heavy atom. The zero-order valence-electron chi connectivity index (χ0n) is 21.5. The SMILES string of the molecule is CC(=Cc1ccco1)CN1CCc2nnc(C(CC(C)C)NC(=O)c3cc(C)cc(C)c3)n2CC1. The maximum atomic E-state index is 13.2. The number of fused-ring (bicyclic) bond motifs is 1. The minimum atomic E-state index is -0.184. The molecule has 0 spiro atoms. The lowest BCUT2D eigenvalue weighted by molar-refractivity contribution is 0.0928. The predicted molar refractivity (Wildman–Crippen MR) is 138 cm³/mol. The van der Waals surface area contributed by atoms with Crippen LogP contribution in [0, 0.1) is 19.8 Å². The van der Waals surface area contributed by atoms with Gasteiger partial charge < -0.3 is 14.3 Å². The monoisotopic (exact) mass is 475 g/mol. The van der Waals surface area contributed by atoms with E-state index in [2.05, 4.69) is 57.9 Å². The average molecular weight is 476 g/mol. The second-order valence-electron chi connectivity index (χ2n) is 10.2. The summed E-state index contributed by atoms with van der Waals surface area (Å²) < 4.78 is 7.68. The summed E-state index contributed by atoms with van der Waals surface area (Å²) in [4.78, 5) is 15.6. The largest absolute Gasteiger partial charge is 0.465 e. The minimum Gasteiger partial charge on any atom is -0.465 e. The van der Waals surface area contributed by atoms with Gasteiger partial charge in [0.1, 0.15) is 11.6 Å². The Kier molecular flexibility index (Phi) is 7.86. The van der Waals surface area contributed by atoms with Gasteiger partial charge in [-0.05, 0) is 63.5 Å². The van der Waals surface area contributed by atoms with Gasteiger partial charge >= 0.3 is 0 Å². The highest BCUT2D eigenvalue weighted by Gasteiger charge is 2.26. The number of amides is 1. The lowest BCUT2D eigenvalue weighted by Gasteiger charge is -2.22. The fourth-order valence-corrected chi connectivity index (χ4v) is 4.87. The highest BCUT2D eigenvalue weighted by molar-refractivity contribution is 5.94. The van der Waals surface area contributed by atoms with Crippen molar-refractivity contribution < 1.29 is 9.21 Å². The molecule has 7 heteroatoms. The number of carbonyl (C=O) groups excluding carboxylic acids is 1. The van der Waals surface area contributed by atoms with Gasteiger partial charge in [-0.25, -0.2) is 0 Å². The summed E-state index contributed by atoms with van der Waals surface area (Å²) in [5.74, 6) is 3.08. The maximum absolute atomic E-state index is 13.2. The molecule has 3 aromatic rings.